The minimum atomic E-state index is 0.406. The predicted molar refractivity (Wildman–Crippen MR) is 147 cm³/mol. The van der Waals surface area contributed by atoms with Crippen LogP contribution in [0.25, 0.3) is 44.8 Å². The van der Waals surface area contributed by atoms with Crippen LogP contribution in [0, 0.1) is 0 Å². The average Bonchev–Trinajstić information content (AvgIpc) is 3.59. The van der Waals surface area contributed by atoms with Gasteiger partial charge in [-0.15, -0.1) is 0 Å². The number of fused-ring (bicyclic) bond motifs is 2. The van der Waals surface area contributed by atoms with E-state index in [4.69, 9.17) is 18.9 Å². The van der Waals surface area contributed by atoms with Crippen molar-refractivity contribution in [2.75, 3.05) is 27.4 Å². The number of hydrogen-bond donors (Lipinski definition) is 2. The van der Waals surface area contributed by atoms with Gasteiger partial charge in [0, 0.05) is 23.3 Å². The lowest BCUT2D eigenvalue weighted by atomic mass is 10.2. The fourth-order valence-corrected chi connectivity index (χ4v) is 4.25. The molecule has 4 aromatic carbocycles. The zero-order chi connectivity index (χ0) is 25.9. The number of methoxy groups -OCH3 is 2. The quantitative estimate of drug-likeness (QED) is 0.225. The summed E-state index contributed by atoms with van der Waals surface area (Å²) < 4.78 is 22.3. The molecule has 2 heterocycles. The summed E-state index contributed by atoms with van der Waals surface area (Å²) in [6.07, 6.45) is 0. The molecule has 0 atom stereocenters. The summed E-state index contributed by atoms with van der Waals surface area (Å²) in [5, 5.41) is 0. The molecule has 0 amide bonds. The molecule has 6 aromatic rings. The summed E-state index contributed by atoms with van der Waals surface area (Å²) in [5.74, 6) is 4.72. The van der Waals surface area contributed by atoms with Crippen molar-refractivity contribution in [3.05, 3.63) is 84.9 Å². The Hall–Kier alpha value is -4.98. The number of H-pyrrole nitrogens is 2. The van der Waals surface area contributed by atoms with Gasteiger partial charge in [0.2, 0.25) is 0 Å². The van der Waals surface area contributed by atoms with Crippen LogP contribution < -0.4 is 18.9 Å². The zero-order valence-electron chi connectivity index (χ0n) is 21.0. The van der Waals surface area contributed by atoms with Crippen LogP contribution in [0.3, 0.4) is 0 Å². The van der Waals surface area contributed by atoms with E-state index in [1.54, 1.807) is 14.2 Å². The number of nitrogens with zero attached hydrogens (tertiary/aromatic N) is 2. The first kappa shape index (κ1) is 23.4. The van der Waals surface area contributed by atoms with E-state index in [2.05, 4.69) is 19.9 Å². The molecule has 0 saturated carbocycles. The van der Waals surface area contributed by atoms with E-state index in [-0.39, 0.29) is 0 Å². The molecule has 0 saturated heterocycles. The molecule has 0 unspecified atom stereocenters. The van der Waals surface area contributed by atoms with Crippen LogP contribution in [0.1, 0.15) is 0 Å². The van der Waals surface area contributed by atoms with Crippen molar-refractivity contribution in [2.45, 2.75) is 0 Å². The van der Waals surface area contributed by atoms with Crippen LogP contribution in [-0.2, 0) is 0 Å². The number of ether oxygens (including phenoxy) is 4. The van der Waals surface area contributed by atoms with Crippen LogP contribution in [0.4, 0.5) is 0 Å². The lowest BCUT2D eigenvalue weighted by molar-refractivity contribution is 0.217. The Bertz CT molecular complexity index is 1560. The number of imidazole rings is 2. The Kier molecular flexibility index (Phi) is 6.27. The maximum Gasteiger partial charge on any atom is 0.138 e. The predicted octanol–water partition coefficient (Wildman–Crippen LogP) is 6.25. The molecule has 8 heteroatoms. The number of benzene rings is 4. The van der Waals surface area contributed by atoms with Crippen molar-refractivity contribution >= 4 is 22.1 Å². The van der Waals surface area contributed by atoms with Gasteiger partial charge in [0.1, 0.15) is 47.9 Å². The topological polar surface area (TPSA) is 94.3 Å². The Morgan fingerprint density at radius 3 is 1.32 bits per heavy atom. The lowest BCUT2D eigenvalue weighted by Crippen LogP contribution is -2.08. The first-order valence-corrected chi connectivity index (χ1v) is 12.2. The minimum absolute atomic E-state index is 0.406. The normalized spacial score (nSPS) is 11.1. The Labute approximate surface area is 219 Å². The SMILES string of the molecule is COc1ccc(-c2nc3ccc(OCCOc4ccc5nc(-c6ccc(OC)cc6)[nH]c5c4)cc3[nH]2)cc1. The summed E-state index contributed by atoms with van der Waals surface area (Å²) in [6, 6.07) is 27.2. The highest BCUT2D eigenvalue weighted by Gasteiger charge is 2.09. The number of aromatic nitrogens is 4. The molecule has 8 nitrogen and oxygen atoms in total. The molecule has 0 aliphatic heterocycles. The molecule has 0 radical (unpaired) electrons. The van der Waals surface area contributed by atoms with Gasteiger partial charge >= 0.3 is 0 Å². The molecule has 0 aliphatic rings. The molecule has 38 heavy (non-hydrogen) atoms. The Morgan fingerprint density at radius 1 is 0.526 bits per heavy atom. The number of hydrogen-bond acceptors (Lipinski definition) is 6. The van der Waals surface area contributed by atoms with Gasteiger partial charge in [0.05, 0.1) is 36.3 Å². The van der Waals surface area contributed by atoms with Crippen LogP contribution in [-0.4, -0.2) is 47.4 Å². The highest BCUT2D eigenvalue weighted by atomic mass is 16.5. The smallest absolute Gasteiger partial charge is 0.138 e. The molecule has 0 aliphatic carbocycles. The van der Waals surface area contributed by atoms with Gasteiger partial charge < -0.3 is 28.9 Å². The molecule has 190 valence electrons. The fraction of sp³-hybridized carbons (Fsp3) is 0.133. The van der Waals surface area contributed by atoms with E-state index in [1.807, 2.05) is 84.9 Å². The van der Waals surface area contributed by atoms with Gasteiger partial charge in [0.25, 0.3) is 0 Å². The van der Waals surface area contributed by atoms with E-state index in [9.17, 15) is 0 Å². The van der Waals surface area contributed by atoms with Crippen LogP contribution >= 0.6 is 0 Å². The highest BCUT2D eigenvalue weighted by Crippen LogP contribution is 2.27. The third kappa shape index (κ3) is 4.84. The second-order valence-corrected chi connectivity index (χ2v) is 8.68. The fourth-order valence-electron chi connectivity index (χ4n) is 4.25. The average molecular weight is 507 g/mol. The Balaban J connectivity index is 1.07. The standard InChI is InChI=1S/C30H26N4O4/c1-35-21-7-3-19(4-8-21)29-31-25-13-11-23(17-27(25)33-29)37-15-16-38-24-12-14-26-28(18-24)34-30(32-26)20-5-9-22(36-2)10-6-20/h3-14,17-18H,15-16H2,1-2H3,(H,31,33)(H,32,34). The van der Waals surface area contributed by atoms with Gasteiger partial charge in [-0.1, -0.05) is 0 Å². The first-order chi connectivity index (χ1) is 18.7. The van der Waals surface area contributed by atoms with Gasteiger partial charge in [-0.3, -0.25) is 0 Å². The lowest BCUT2D eigenvalue weighted by Gasteiger charge is -2.08. The molecule has 0 fully saturated rings. The van der Waals surface area contributed by atoms with Gasteiger partial charge in [0.15, 0.2) is 0 Å². The van der Waals surface area contributed by atoms with E-state index in [0.29, 0.717) is 13.2 Å². The molecule has 2 N–H and O–H groups in total. The van der Waals surface area contributed by atoms with E-state index < -0.39 is 0 Å². The van der Waals surface area contributed by atoms with Crippen molar-refractivity contribution < 1.29 is 18.9 Å². The zero-order valence-corrected chi connectivity index (χ0v) is 21.0. The van der Waals surface area contributed by atoms with Crippen LogP contribution in [0.2, 0.25) is 0 Å². The molecular weight excluding hydrogens is 480 g/mol. The van der Waals surface area contributed by atoms with Gasteiger partial charge in [-0.05, 0) is 72.8 Å². The number of rotatable bonds is 9. The largest absolute Gasteiger partial charge is 0.497 e. The molecular formula is C30H26N4O4. The number of nitrogens with one attached hydrogen (secondary N) is 2. The van der Waals surface area contributed by atoms with E-state index in [0.717, 1.165) is 67.8 Å². The van der Waals surface area contributed by atoms with E-state index in [1.165, 1.54) is 0 Å². The maximum atomic E-state index is 5.93. The van der Waals surface area contributed by atoms with Crippen molar-refractivity contribution in [1.82, 2.24) is 19.9 Å². The summed E-state index contributed by atoms with van der Waals surface area (Å²) in [4.78, 5) is 16.1. The van der Waals surface area contributed by atoms with Crippen molar-refractivity contribution in [3.63, 3.8) is 0 Å². The number of aromatic amines is 2. The third-order valence-corrected chi connectivity index (χ3v) is 6.25. The molecule has 0 spiro atoms. The van der Waals surface area contributed by atoms with Gasteiger partial charge in [-0.2, -0.15) is 0 Å². The second-order valence-electron chi connectivity index (χ2n) is 8.68. The molecule has 2 aromatic heterocycles. The minimum Gasteiger partial charge on any atom is -0.497 e. The van der Waals surface area contributed by atoms with Crippen LogP contribution in [0.15, 0.2) is 84.9 Å². The van der Waals surface area contributed by atoms with Crippen molar-refractivity contribution in [2.24, 2.45) is 0 Å². The van der Waals surface area contributed by atoms with Crippen molar-refractivity contribution in [1.29, 1.82) is 0 Å². The maximum absolute atomic E-state index is 5.93. The monoisotopic (exact) mass is 506 g/mol. The second kappa shape index (κ2) is 10.2. The molecule has 0 bridgehead atoms. The van der Waals surface area contributed by atoms with Crippen molar-refractivity contribution in [3.8, 4) is 45.8 Å². The molecule has 6 rings (SSSR count). The Morgan fingerprint density at radius 2 is 0.921 bits per heavy atom. The van der Waals surface area contributed by atoms with E-state index >= 15 is 0 Å². The first-order valence-electron chi connectivity index (χ1n) is 12.2. The summed E-state index contributed by atoms with van der Waals surface area (Å²) >= 11 is 0. The summed E-state index contributed by atoms with van der Waals surface area (Å²) in [7, 11) is 3.31. The summed E-state index contributed by atoms with van der Waals surface area (Å²) in [6.45, 7) is 0.812. The third-order valence-electron chi connectivity index (χ3n) is 6.25. The van der Waals surface area contributed by atoms with Crippen LogP contribution in [0.5, 0.6) is 23.0 Å². The summed E-state index contributed by atoms with van der Waals surface area (Å²) in [5.41, 5.74) is 5.55. The van der Waals surface area contributed by atoms with Gasteiger partial charge in [-0.25, -0.2) is 9.97 Å². The highest BCUT2D eigenvalue weighted by molar-refractivity contribution is 5.81.